The fourth-order valence-electron chi connectivity index (χ4n) is 2.16. The lowest BCUT2D eigenvalue weighted by Crippen LogP contribution is -2.11. The Morgan fingerprint density at radius 3 is 2.93 bits per heavy atom. The normalized spacial score (nSPS) is 16.4. The minimum absolute atomic E-state index is 0.484. The van der Waals surface area contributed by atoms with Crippen LogP contribution in [0.3, 0.4) is 0 Å². The van der Waals surface area contributed by atoms with Crippen molar-refractivity contribution in [3.8, 4) is 0 Å². The first-order chi connectivity index (χ1) is 6.74. The summed E-state index contributed by atoms with van der Waals surface area (Å²) < 4.78 is 0. The molecule has 1 aromatic carbocycles. The highest BCUT2D eigenvalue weighted by atomic mass is 14.5. The zero-order chi connectivity index (χ0) is 10.1. The Bertz CT molecular complexity index is 377. The van der Waals surface area contributed by atoms with Gasteiger partial charge in [-0.25, -0.2) is 0 Å². The van der Waals surface area contributed by atoms with E-state index in [4.69, 9.17) is 5.73 Å². The molecule has 0 aromatic heterocycles. The van der Waals surface area contributed by atoms with E-state index in [1.165, 1.54) is 22.3 Å². The van der Waals surface area contributed by atoms with Gasteiger partial charge in [0.05, 0.1) is 0 Å². The highest BCUT2D eigenvalue weighted by Gasteiger charge is 2.18. The van der Waals surface area contributed by atoms with Crippen molar-refractivity contribution in [2.45, 2.75) is 20.3 Å². The number of rotatable bonds is 2. The lowest BCUT2D eigenvalue weighted by molar-refractivity contribution is 0.761. The Kier molecular flexibility index (Phi) is 2.42. The van der Waals surface area contributed by atoms with Crippen LogP contribution in [0.5, 0.6) is 0 Å². The molecule has 1 heteroatoms. The number of hydrogen-bond acceptors (Lipinski definition) is 1. The molecule has 0 amide bonds. The van der Waals surface area contributed by atoms with Crippen LogP contribution in [0, 0.1) is 12.8 Å². The number of allylic oxidation sites excluding steroid dienone is 1. The first-order valence-electron chi connectivity index (χ1n) is 5.23. The third-order valence-electron chi connectivity index (χ3n) is 3.13. The minimum atomic E-state index is 0.484. The van der Waals surface area contributed by atoms with Gasteiger partial charge in [-0.3, -0.25) is 0 Å². The van der Waals surface area contributed by atoms with Gasteiger partial charge in [0.2, 0.25) is 0 Å². The summed E-state index contributed by atoms with van der Waals surface area (Å²) in [6.07, 6.45) is 3.41. The number of hydrogen-bond donors (Lipinski definition) is 1. The van der Waals surface area contributed by atoms with E-state index >= 15 is 0 Å². The van der Waals surface area contributed by atoms with E-state index in [1.807, 2.05) is 0 Å². The molecule has 1 aromatic rings. The van der Waals surface area contributed by atoms with E-state index in [2.05, 4.69) is 38.1 Å². The molecule has 0 heterocycles. The smallest absolute Gasteiger partial charge is 0.00108 e. The van der Waals surface area contributed by atoms with Crippen molar-refractivity contribution in [1.82, 2.24) is 0 Å². The quantitative estimate of drug-likeness (QED) is 0.756. The van der Waals surface area contributed by atoms with Gasteiger partial charge < -0.3 is 5.73 Å². The summed E-state index contributed by atoms with van der Waals surface area (Å²) in [5.41, 5.74) is 11.5. The van der Waals surface area contributed by atoms with Crippen molar-refractivity contribution in [1.29, 1.82) is 0 Å². The monoisotopic (exact) mass is 187 g/mol. The molecule has 0 fully saturated rings. The van der Waals surface area contributed by atoms with E-state index in [0.717, 1.165) is 13.0 Å². The lowest BCUT2D eigenvalue weighted by atomic mass is 9.94. The van der Waals surface area contributed by atoms with Crippen molar-refractivity contribution < 1.29 is 0 Å². The standard InChI is InChI=1S/C13H17N/c1-9-4-3-5-13-11(9)6-7-12(13)10(2)8-14/h3-5,7,10H,6,8,14H2,1-2H3. The Hall–Kier alpha value is -1.08. The zero-order valence-corrected chi connectivity index (χ0v) is 8.88. The van der Waals surface area contributed by atoms with E-state index < -0.39 is 0 Å². The molecule has 74 valence electrons. The number of fused-ring (bicyclic) bond motifs is 1. The molecule has 1 nitrogen and oxygen atoms in total. The maximum Gasteiger partial charge on any atom is -0.00108 e. The molecule has 0 radical (unpaired) electrons. The molecular formula is C13H17N. The van der Waals surface area contributed by atoms with E-state index in [9.17, 15) is 0 Å². The van der Waals surface area contributed by atoms with Crippen LogP contribution >= 0.6 is 0 Å². The Balaban J connectivity index is 2.42. The highest BCUT2D eigenvalue weighted by molar-refractivity contribution is 5.75. The summed E-state index contributed by atoms with van der Waals surface area (Å²) in [6, 6.07) is 6.53. The summed E-state index contributed by atoms with van der Waals surface area (Å²) in [5, 5.41) is 0. The Morgan fingerprint density at radius 2 is 2.21 bits per heavy atom. The molecule has 0 aliphatic heterocycles. The third kappa shape index (κ3) is 1.38. The van der Waals surface area contributed by atoms with Crippen molar-refractivity contribution in [2.24, 2.45) is 11.7 Å². The number of benzene rings is 1. The summed E-state index contributed by atoms with van der Waals surface area (Å²) in [7, 11) is 0. The summed E-state index contributed by atoms with van der Waals surface area (Å²) in [5.74, 6) is 0.484. The van der Waals surface area contributed by atoms with Gasteiger partial charge in [-0.05, 0) is 48.1 Å². The topological polar surface area (TPSA) is 26.0 Å². The van der Waals surface area contributed by atoms with E-state index in [1.54, 1.807) is 0 Å². The first-order valence-corrected chi connectivity index (χ1v) is 5.23. The minimum Gasteiger partial charge on any atom is -0.330 e. The van der Waals surface area contributed by atoms with Crippen LogP contribution in [0.2, 0.25) is 0 Å². The molecule has 2 rings (SSSR count). The van der Waals surface area contributed by atoms with Gasteiger partial charge in [0.1, 0.15) is 0 Å². The van der Waals surface area contributed by atoms with Crippen LogP contribution in [0.25, 0.3) is 5.57 Å². The third-order valence-corrected chi connectivity index (χ3v) is 3.13. The van der Waals surface area contributed by atoms with Crippen LogP contribution in [0.1, 0.15) is 23.6 Å². The maximum absolute atomic E-state index is 5.71. The summed E-state index contributed by atoms with van der Waals surface area (Å²) >= 11 is 0. The molecule has 0 saturated carbocycles. The van der Waals surface area contributed by atoms with Crippen LogP contribution in [0.4, 0.5) is 0 Å². The van der Waals surface area contributed by atoms with Gasteiger partial charge in [-0.15, -0.1) is 0 Å². The molecule has 0 bridgehead atoms. The average molecular weight is 187 g/mol. The fraction of sp³-hybridized carbons (Fsp3) is 0.385. The molecule has 14 heavy (non-hydrogen) atoms. The molecule has 0 saturated heterocycles. The van der Waals surface area contributed by atoms with Crippen LogP contribution in [0.15, 0.2) is 24.3 Å². The van der Waals surface area contributed by atoms with E-state index in [-0.39, 0.29) is 0 Å². The Labute approximate surface area is 85.6 Å². The van der Waals surface area contributed by atoms with Crippen LogP contribution in [-0.2, 0) is 6.42 Å². The second-order valence-corrected chi connectivity index (χ2v) is 4.10. The lowest BCUT2D eigenvalue weighted by Gasteiger charge is -2.12. The predicted octanol–water partition coefficient (Wildman–Crippen LogP) is 2.53. The van der Waals surface area contributed by atoms with Crippen molar-refractivity contribution >= 4 is 5.57 Å². The molecule has 1 unspecified atom stereocenters. The summed E-state index contributed by atoms with van der Waals surface area (Å²) in [4.78, 5) is 0. The van der Waals surface area contributed by atoms with Gasteiger partial charge in [0, 0.05) is 0 Å². The SMILES string of the molecule is Cc1cccc2c1CC=C2C(C)CN. The molecule has 1 aliphatic rings. The molecule has 1 aliphatic carbocycles. The van der Waals surface area contributed by atoms with E-state index in [0.29, 0.717) is 5.92 Å². The largest absolute Gasteiger partial charge is 0.330 e. The zero-order valence-electron chi connectivity index (χ0n) is 8.88. The van der Waals surface area contributed by atoms with Crippen LogP contribution < -0.4 is 5.73 Å². The van der Waals surface area contributed by atoms with Gasteiger partial charge in [0.15, 0.2) is 0 Å². The van der Waals surface area contributed by atoms with Crippen molar-refractivity contribution in [3.05, 3.63) is 41.0 Å². The van der Waals surface area contributed by atoms with Gasteiger partial charge in [-0.1, -0.05) is 31.2 Å². The molecular weight excluding hydrogens is 170 g/mol. The van der Waals surface area contributed by atoms with Gasteiger partial charge in [0.25, 0.3) is 0 Å². The predicted molar refractivity (Wildman–Crippen MR) is 61.1 cm³/mol. The van der Waals surface area contributed by atoms with Crippen LogP contribution in [-0.4, -0.2) is 6.54 Å². The molecule has 2 N–H and O–H groups in total. The number of aryl methyl sites for hydroxylation is 1. The molecule has 0 spiro atoms. The first kappa shape index (κ1) is 9.47. The van der Waals surface area contributed by atoms with Gasteiger partial charge in [-0.2, -0.15) is 0 Å². The molecule has 1 atom stereocenters. The van der Waals surface area contributed by atoms with Gasteiger partial charge >= 0.3 is 0 Å². The summed E-state index contributed by atoms with van der Waals surface area (Å²) in [6.45, 7) is 5.12. The van der Waals surface area contributed by atoms with Crippen molar-refractivity contribution in [3.63, 3.8) is 0 Å². The second kappa shape index (κ2) is 3.58. The number of nitrogens with two attached hydrogens (primary N) is 1. The second-order valence-electron chi connectivity index (χ2n) is 4.10. The Morgan fingerprint density at radius 1 is 1.43 bits per heavy atom. The van der Waals surface area contributed by atoms with Crippen molar-refractivity contribution in [2.75, 3.05) is 6.54 Å². The maximum atomic E-state index is 5.71. The average Bonchev–Trinajstić information content (AvgIpc) is 2.62. The highest BCUT2D eigenvalue weighted by Crippen LogP contribution is 2.33. The fourth-order valence-corrected chi connectivity index (χ4v) is 2.16.